The van der Waals surface area contributed by atoms with Crippen LogP contribution in [0.15, 0.2) is 54.6 Å². The molecule has 0 bridgehead atoms. The Morgan fingerprint density at radius 2 is 2.08 bits per heavy atom. The molecule has 0 amide bonds. The lowest BCUT2D eigenvalue weighted by molar-refractivity contribution is 0.0680. The van der Waals surface area contributed by atoms with Crippen molar-refractivity contribution in [2.45, 2.75) is 25.5 Å². The van der Waals surface area contributed by atoms with E-state index < -0.39 is 0 Å². The second-order valence-corrected chi connectivity index (χ2v) is 6.82. The molecule has 0 aliphatic carbocycles. The average molecular weight is 369 g/mol. The summed E-state index contributed by atoms with van der Waals surface area (Å²) in [5, 5.41) is 5.01. The highest BCUT2D eigenvalue weighted by Crippen LogP contribution is 2.23. The first-order valence-electron chi connectivity index (χ1n) is 8.90. The van der Waals surface area contributed by atoms with E-state index in [0.717, 1.165) is 47.4 Å². The fourth-order valence-corrected chi connectivity index (χ4v) is 3.33. The monoisotopic (exact) mass is 368 g/mol. The van der Waals surface area contributed by atoms with Crippen molar-refractivity contribution in [2.75, 3.05) is 18.5 Å². The Kier molecular flexibility index (Phi) is 5.23. The number of hydrogen-bond acceptors (Lipinski definition) is 4. The van der Waals surface area contributed by atoms with E-state index in [0.29, 0.717) is 18.3 Å². The van der Waals surface area contributed by atoms with Crippen LogP contribution in [-0.4, -0.2) is 24.3 Å². The highest BCUT2D eigenvalue weighted by Gasteiger charge is 2.16. The summed E-state index contributed by atoms with van der Waals surface area (Å²) in [6.45, 7) is 2.05. The molecule has 1 aliphatic rings. The Balaban J connectivity index is 1.41. The van der Waals surface area contributed by atoms with Crippen LogP contribution < -0.4 is 10.1 Å². The second-order valence-electron chi connectivity index (χ2n) is 6.46. The molecule has 2 heterocycles. The molecule has 134 valence electrons. The van der Waals surface area contributed by atoms with Crippen molar-refractivity contribution in [1.82, 2.24) is 4.98 Å². The zero-order valence-corrected chi connectivity index (χ0v) is 15.2. The molecule has 0 radical (unpaired) electrons. The third-order valence-electron chi connectivity index (χ3n) is 4.53. The number of benzene rings is 2. The van der Waals surface area contributed by atoms with Gasteiger partial charge < -0.3 is 14.8 Å². The van der Waals surface area contributed by atoms with Crippen molar-refractivity contribution >= 4 is 28.2 Å². The van der Waals surface area contributed by atoms with Gasteiger partial charge in [0.25, 0.3) is 0 Å². The van der Waals surface area contributed by atoms with Gasteiger partial charge in [0.1, 0.15) is 17.5 Å². The Morgan fingerprint density at radius 3 is 2.96 bits per heavy atom. The second kappa shape index (κ2) is 7.94. The number of ether oxygens (including phenoxy) is 2. The third-order valence-corrected chi connectivity index (χ3v) is 4.85. The maximum atomic E-state index is 6.33. The highest BCUT2D eigenvalue weighted by molar-refractivity contribution is 6.30. The molecule has 26 heavy (non-hydrogen) atoms. The van der Waals surface area contributed by atoms with Gasteiger partial charge in [-0.15, -0.1) is 0 Å². The summed E-state index contributed by atoms with van der Waals surface area (Å²) >= 11 is 6.33. The standard InChI is InChI=1S/C21H21ClN2O2/c22-21-16(11-15-5-1-2-9-20(15)24-21)13-23-17-6-3-7-18(12-17)26-14-19-8-4-10-25-19/h1-3,5-7,9,11-12,19,23H,4,8,10,13-14H2/t19-/m0/s1. The SMILES string of the molecule is Clc1nc2ccccc2cc1CNc1cccc(OC[C@@H]2CCCO2)c1. The number of pyridine rings is 1. The molecule has 0 saturated carbocycles. The predicted octanol–water partition coefficient (Wildman–Crippen LogP) is 5.06. The summed E-state index contributed by atoms with van der Waals surface area (Å²) in [6, 6.07) is 18.0. The predicted molar refractivity (Wildman–Crippen MR) is 105 cm³/mol. The van der Waals surface area contributed by atoms with E-state index in [1.807, 2.05) is 48.5 Å². The third kappa shape index (κ3) is 4.09. The highest BCUT2D eigenvalue weighted by atomic mass is 35.5. The average Bonchev–Trinajstić information content (AvgIpc) is 3.19. The largest absolute Gasteiger partial charge is 0.491 e. The first-order chi connectivity index (χ1) is 12.8. The summed E-state index contributed by atoms with van der Waals surface area (Å²) in [5.41, 5.74) is 2.86. The minimum Gasteiger partial charge on any atom is -0.491 e. The van der Waals surface area contributed by atoms with E-state index in [-0.39, 0.29) is 6.10 Å². The van der Waals surface area contributed by atoms with Crippen LogP contribution in [0.1, 0.15) is 18.4 Å². The number of hydrogen-bond donors (Lipinski definition) is 1. The fourth-order valence-electron chi connectivity index (χ4n) is 3.12. The van der Waals surface area contributed by atoms with Gasteiger partial charge in [0.2, 0.25) is 0 Å². The van der Waals surface area contributed by atoms with Gasteiger partial charge in [-0.25, -0.2) is 4.98 Å². The van der Waals surface area contributed by atoms with Crippen LogP contribution in [0.3, 0.4) is 0 Å². The topological polar surface area (TPSA) is 43.4 Å². The molecule has 3 aromatic rings. The van der Waals surface area contributed by atoms with Crippen LogP contribution >= 0.6 is 11.6 Å². The lowest BCUT2D eigenvalue weighted by atomic mass is 10.1. The number of halogens is 1. The minimum absolute atomic E-state index is 0.217. The maximum absolute atomic E-state index is 6.33. The molecule has 1 N–H and O–H groups in total. The lowest BCUT2D eigenvalue weighted by Crippen LogP contribution is -2.16. The van der Waals surface area contributed by atoms with Crippen molar-refractivity contribution in [1.29, 1.82) is 0 Å². The number of aromatic nitrogens is 1. The van der Waals surface area contributed by atoms with Gasteiger partial charge in [0.15, 0.2) is 0 Å². The van der Waals surface area contributed by atoms with Gasteiger partial charge in [-0.1, -0.05) is 35.9 Å². The molecule has 1 aliphatic heterocycles. The quantitative estimate of drug-likeness (QED) is 0.618. The smallest absolute Gasteiger partial charge is 0.134 e. The van der Waals surface area contributed by atoms with Crippen LogP contribution in [0.2, 0.25) is 5.15 Å². The summed E-state index contributed by atoms with van der Waals surface area (Å²) in [7, 11) is 0. The maximum Gasteiger partial charge on any atom is 0.134 e. The number of fused-ring (bicyclic) bond motifs is 1. The van der Waals surface area contributed by atoms with E-state index in [2.05, 4.69) is 16.4 Å². The molecule has 1 saturated heterocycles. The minimum atomic E-state index is 0.217. The molecule has 5 heteroatoms. The van der Waals surface area contributed by atoms with E-state index in [1.165, 1.54) is 0 Å². The summed E-state index contributed by atoms with van der Waals surface area (Å²) in [4.78, 5) is 4.47. The molecule has 0 spiro atoms. The molecule has 1 fully saturated rings. The Hall–Kier alpha value is -2.30. The number of para-hydroxylation sites is 1. The van der Waals surface area contributed by atoms with Gasteiger partial charge in [-0.05, 0) is 37.1 Å². The Bertz CT molecular complexity index is 894. The number of anilines is 1. The zero-order valence-electron chi connectivity index (χ0n) is 14.5. The summed E-state index contributed by atoms with van der Waals surface area (Å²) in [6.07, 6.45) is 2.41. The molecule has 2 aromatic carbocycles. The normalized spacial score (nSPS) is 16.7. The first kappa shape index (κ1) is 17.1. The van der Waals surface area contributed by atoms with Crippen LogP contribution in [0, 0.1) is 0 Å². The number of rotatable bonds is 6. The van der Waals surface area contributed by atoms with Crippen LogP contribution in [0.5, 0.6) is 5.75 Å². The molecule has 1 atom stereocenters. The van der Waals surface area contributed by atoms with E-state index in [4.69, 9.17) is 21.1 Å². The zero-order chi connectivity index (χ0) is 17.8. The van der Waals surface area contributed by atoms with Gasteiger partial charge in [0.05, 0.1) is 11.6 Å². The van der Waals surface area contributed by atoms with Crippen LogP contribution in [0.4, 0.5) is 5.69 Å². The van der Waals surface area contributed by atoms with Gasteiger partial charge >= 0.3 is 0 Å². The van der Waals surface area contributed by atoms with E-state index in [1.54, 1.807) is 0 Å². The number of nitrogens with zero attached hydrogens (tertiary/aromatic N) is 1. The van der Waals surface area contributed by atoms with Gasteiger partial charge in [-0.3, -0.25) is 0 Å². The summed E-state index contributed by atoms with van der Waals surface area (Å²) in [5.74, 6) is 0.841. The van der Waals surface area contributed by atoms with Gasteiger partial charge in [0, 0.05) is 35.9 Å². The molecular formula is C21H21ClN2O2. The first-order valence-corrected chi connectivity index (χ1v) is 9.28. The lowest BCUT2D eigenvalue weighted by Gasteiger charge is -2.13. The van der Waals surface area contributed by atoms with Crippen molar-refractivity contribution in [3.8, 4) is 5.75 Å². The number of nitrogens with one attached hydrogen (secondary N) is 1. The van der Waals surface area contributed by atoms with Crippen molar-refractivity contribution in [2.24, 2.45) is 0 Å². The van der Waals surface area contributed by atoms with Crippen molar-refractivity contribution in [3.05, 3.63) is 65.3 Å². The molecule has 1 aromatic heterocycles. The van der Waals surface area contributed by atoms with Gasteiger partial charge in [-0.2, -0.15) is 0 Å². The van der Waals surface area contributed by atoms with Crippen LogP contribution in [0.25, 0.3) is 10.9 Å². The van der Waals surface area contributed by atoms with E-state index >= 15 is 0 Å². The van der Waals surface area contributed by atoms with Crippen LogP contribution in [-0.2, 0) is 11.3 Å². The van der Waals surface area contributed by atoms with E-state index in [9.17, 15) is 0 Å². The molecular weight excluding hydrogens is 348 g/mol. The molecule has 4 nitrogen and oxygen atoms in total. The Labute approximate surface area is 158 Å². The summed E-state index contributed by atoms with van der Waals surface area (Å²) < 4.78 is 11.5. The fraction of sp³-hybridized carbons (Fsp3) is 0.286. The Morgan fingerprint density at radius 1 is 1.15 bits per heavy atom. The molecule has 4 rings (SSSR count). The van der Waals surface area contributed by atoms with Crippen molar-refractivity contribution in [3.63, 3.8) is 0 Å². The molecule has 0 unspecified atom stereocenters. The van der Waals surface area contributed by atoms with Crippen molar-refractivity contribution < 1.29 is 9.47 Å².